The minimum Gasteiger partial charge on any atom is -0.487 e. The van der Waals surface area contributed by atoms with Crippen molar-refractivity contribution in [3.05, 3.63) is 29.3 Å². The number of rotatable bonds is 0. The number of likely N-dealkylation sites (tertiary alicyclic amines) is 1. The summed E-state index contributed by atoms with van der Waals surface area (Å²) in [6.07, 6.45) is 3.13. The zero-order valence-electron chi connectivity index (χ0n) is 11.3. The van der Waals surface area contributed by atoms with Gasteiger partial charge >= 0.3 is 0 Å². The molecule has 0 amide bonds. The van der Waals surface area contributed by atoms with E-state index in [9.17, 15) is 0 Å². The molecule has 3 heteroatoms. The van der Waals surface area contributed by atoms with Gasteiger partial charge in [-0.05, 0) is 32.9 Å². The zero-order valence-corrected chi connectivity index (χ0v) is 11.3. The minimum atomic E-state index is -0.0197. The van der Waals surface area contributed by atoms with Crippen molar-refractivity contribution in [2.45, 2.75) is 37.8 Å². The highest BCUT2D eigenvalue weighted by atomic mass is 16.5. The molecule has 1 atom stereocenters. The average molecular weight is 246 g/mol. The van der Waals surface area contributed by atoms with Crippen LogP contribution in [0.5, 0.6) is 5.75 Å². The second-order valence-electron chi connectivity index (χ2n) is 5.94. The summed E-state index contributed by atoms with van der Waals surface area (Å²) in [7, 11) is 2.17. The molecule has 2 aliphatic rings. The van der Waals surface area contributed by atoms with Crippen LogP contribution in [0.1, 0.15) is 36.4 Å². The monoisotopic (exact) mass is 246 g/mol. The van der Waals surface area contributed by atoms with Crippen LogP contribution in [0.15, 0.2) is 18.2 Å². The fourth-order valence-corrected chi connectivity index (χ4v) is 3.17. The fraction of sp³-hybridized carbons (Fsp3) is 0.600. The molecule has 2 heterocycles. The Bertz CT molecular complexity index is 450. The molecule has 0 saturated carbocycles. The van der Waals surface area contributed by atoms with Gasteiger partial charge in [-0.25, -0.2) is 0 Å². The highest BCUT2D eigenvalue weighted by molar-refractivity contribution is 5.41. The summed E-state index contributed by atoms with van der Waals surface area (Å²) in [4.78, 5) is 2.37. The summed E-state index contributed by atoms with van der Waals surface area (Å²) in [5, 5.41) is 0. The molecule has 0 bridgehead atoms. The van der Waals surface area contributed by atoms with Gasteiger partial charge in [0.05, 0.1) is 0 Å². The number of nitrogens with zero attached hydrogens (tertiary/aromatic N) is 1. The molecule has 1 fully saturated rings. The van der Waals surface area contributed by atoms with E-state index in [1.165, 1.54) is 11.1 Å². The lowest BCUT2D eigenvalue weighted by molar-refractivity contribution is -0.0164. The quantitative estimate of drug-likeness (QED) is 0.763. The van der Waals surface area contributed by atoms with Gasteiger partial charge in [0.2, 0.25) is 0 Å². The smallest absolute Gasteiger partial charge is 0.124 e. The van der Waals surface area contributed by atoms with Crippen LogP contribution in [0.2, 0.25) is 0 Å². The van der Waals surface area contributed by atoms with E-state index in [0.29, 0.717) is 0 Å². The number of benzene rings is 1. The van der Waals surface area contributed by atoms with Gasteiger partial charge in [-0.15, -0.1) is 0 Å². The Morgan fingerprint density at radius 2 is 2.06 bits per heavy atom. The standard InChI is InChI=1S/C15H22N2O/c1-11-3-4-14-12(9-11)13(16)10-15(18-14)5-7-17(2)8-6-15/h3-4,9,13H,5-8,10,16H2,1-2H3/t13-/m1/s1. The number of hydrogen-bond acceptors (Lipinski definition) is 3. The normalized spacial score (nSPS) is 26.7. The van der Waals surface area contributed by atoms with Crippen molar-refractivity contribution in [2.75, 3.05) is 20.1 Å². The first kappa shape index (κ1) is 12.0. The number of ether oxygens (including phenoxy) is 1. The number of aryl methyl sites for hydroxylation is 1. The molecular formula is C15H22N2O. The summed E-state index contributed by atoms with van der Waals surface area (Å²) in [6.45, 7) is 4.31. The molecular weight excluding hydrogens is 224 g/mol. The average Bonchev–Trinajstić information content (AvgIpc) is 2.35. The van der Waals surface area contributed by atoms with Gasteiger partial charge in [-0.2, -0.15) is 0 Å². The van der Waals surface area contributed by atoms with Crippen LogP contribution in [-0.4, -0.2) is 30.6 Å². The van der Waals surface area contributed by atoms with Gasteiger partial charge in [0, 0.05) is 31.1 Å². The Balaban J connectivity index is 1.89. The zero-order chi connectivity index (χ0) is 12.8. The lowest BCUT2D eigenvalue weighted by atomic mass is 9.81. The number of hydrogen-bond donors (Lipinski definition) is 1. The van der Waals surface area contributed by atoms with Crippen molar-refractivity contribution in [2.24, 2.45) is 5.73 Å². The maximum absolute atomic E-state index is 6.36. The van der Waals surface area contributed by atoms with E-state index in [1.807, 2.05) is 0 Å². The highest BCUT2D eigenvalue weighted by Gasteiger charge is 2.41. The molecule has 1 saturated heterocycles. The van der Waals surface area contributed by atoms with Crippen LogP contribution >= 0.6 is 0 Å². The van der Waals surface area contributed by atoms with Gasteiger partial charge in [-0.3, -0.25) is 0 Å². The topological polar surface area (TPSA) is 38.5 Å². The summed E-state index contributed by atoms with van der Waals surface area (Å²) in [5.74, 6) is 1.00. The Morgan fingerprint density at radius 1 is 1.33 bits per heavy atom. The number of nitrogens with two attached hydrogens (primary N) is 1. The van der Waals surface area contributed by atoms with Crippen molar-refractivity contribution >= 4 is 0 Å². The van der Waals surface area contributed by atoms with Crippen molar-refractivity contribution in [3.8, 4) is 5.75 Å². The molecule has 0 aromatic heterocycles. The molecule has 1 aromatic carbocycles. The minimum absolute atomic E-state index is 0.0197. The van der Waals surface area contributed by atoms with E-state index in [4.69, 9.17) is 10.5 Å². The fourth-order valence-electron chi connectivity index (χ4n) is 3.17. The molecule has 1 aromatic rings. The lowest BCUT2D eigenvalue weighted by Crippen LogP contribution is -2.50. The molecule has 18 heavy (non-hydrogen) atoms. The molecule has 2 aliphatic heterocycles. The maximum Gasteiger partial charge on any atom is 0.124 e. The van der Waals surface area contributed by atoms with Crippen LogP contribution in [0.25, 0.3) is 0 Å². The van der Waals surface area contributed by atoms with E-state index in [0.717, 1.165) is 38.1 Å². The van der Waals surface area contributed by atoms with Gasteiger partial charge in [0.25, 0.3) is 0 Å². The van der Waals surface area contributed by atoms with E-state index < -0.39 is 0 Å². The van der Waals surface area contributed by atoms with Crippen molar-refractivity contribution in [1.82, 2.24) is 4.90 Å². The lowest BCUT2D eigenvalue weighted by Gasteiger charge is -2.45. The van der Waals surface area contributed by atoms with Crippen LogP contribution in [-0.2, 0) is 0 Å². The molecule has 3 nitrogen and oxygen atoms in total. The third-order valence-corrected chi connectivity index (χ3v) is 4.38. The van der Waals surface area contributed by atoms with Gasteiger partial charge in [-0.1, -0.05) is 17.7 Å². The maximum atomic E-state index is 6.36. The van der Waals surface area contributed by atoms with Gasteiger partial charge in [0.1, 0.15) is 11.4 Å². The highest BCUT2D eigenvalue weighted by Crippen LogP contribution is 2.43. The van der Waals surface area contributed by atoms with Crippen LogP contribution in [0, 0.1) is 6.92 Å². The van der Waals surface area contributed by atoms with Crippen LogP contribution < -0.4 is 10.5 Å². The predicted molar refractivity (Wildman–Crippen MR) is 72.8 cm³/mol. The Morgan fingerprint density at radius 3 is 2.78 bits per heavy atom. The Labute approximate surface area is 109 Å². The Hall–Kier alpha value is -1.06. The SMILES string of the molecule is Cc1ccc2c(c1)[C@H](N)CC1(CCN(C)CC1)O2. The summed E-state index contributed by atoms with van der Waals surface area (Å²) < 4.78 is 6.33. The second-order valence-corrected chi connectivity index (χ2v) is 5.94. The first-order valence-electron chi connectivity index (χ1n) is 6.82. The second kappa shape index (κ2) is 4.25. The third-order valence-electron chi connectivity index (χ3n) is 4.38. The molecule has 1 spiro atoms. The largest absolute Gasteiger partial charge is 0.487 e. The van der Waals surface area contributed by atoms with Crippen molar-refractivity contribution < 1.29 is 4.74 Å². The summed E-state index contributed by atoms with van der Waals surface area (Å²) >= 11 is 0. The number of fused-ring (bicyclic) bond motifs is 1. The first-order chi connectivity index (χ1) is 8.58. The van der Waals surface area contributed by atoms with E-state index in [-0.39, 0.29) is 11.6 Å². The molecule has 0 radical (unpaired) electrons. The summed E-state index contributed by atoms with van der Waals surface area (Å²) in [6, 6.07) is 6.49. The predicted octanol–water partition coefficient (Wildman–Crippen LogP) is 2.24. The molecule has 98 valence electrons. The molecule has 3 rings (SSSR count). The molecule has 2 N–H and O–H groups in total. The van der Waals surface area contributed by atoms with E-state index >= 15 is 0 Å². The molecule has 0 unspecified atom stereocenters. The van der Waals surface area contributed by atoms with E-state index in [2.05, 4.69) is 37.1 Å². The van der Waals surface area contributed by atoms with Gasteiger partial charge in [0.15, 0.2) is 0 Å². The third kappa shape index (κ3) is 2.02. The molecule has 0 aliphatic carbocycles. The van der Waals surface area contributed by atoms with Crippen molar-refractivity contribution in [3.63, 3.8) is 0 Å². The Kier molecular flexibility index (Phi) is 2.83. The summed E-state index contributed by atoms with van der Waals surface area (Å²) in [5.41, 5.74) is 8.78. The number of piperidine rings is 1. The van der Waals surface area contributed by atoms with Gasteiger partial charge < -0.3 is 15.4 Å². The first-order valence-corrected chi connectivity index (χ1v) is 6.82. The van der Waals surface area contributed by atoms with Crippen molar-refractivity contribution in [1.29, 1.82) is 0 Å². The van der Waals surface area contributed by atoms with E-state index in [1.54, 1.807) is 0 Å². The van der Waals surface area contributed by atoms with Crippen LogP contribution in [0.3, 0.4) is 0 Å². The van der Waals surface area contributed by atoms with Crippen LogP contribution in [0.4, 0.5) is 0 Å².